The second kappa shape index (κ2) is 9.04. The number of amides is 2. The number of nitrogens with zero attached hydrogens (tertiary/aromatic N) is 1. The van der Waals surface area contributed by atoms with Gasteiger partial charge >= 0.3 is 6.61 Å². The summed E-state index contributed by atoms with van der Waals surface area (Å²) < 4.78 is 28.4. The maximum absolute atomic E-state index is 12.1. The Hall–Kier alpha value is -2.22. The van der Waals surface area contributed by atoms with Crippen LogP contribution in [0.3, 0.4) is 0 Å². The second-order valence-corrected chi connectivity index (χ2v) is 5.26. The lowest BCUT2D eigenvalue weighted by Crippen LogP contribution is -3.08. The minimum absolute atomic E-state index is 0.0161. The summed E-state index contributed by atoms with van der Waals surface area (Å²) in [6.07, 6.45) is 0. The summed E-state index contributed by atoms with van der Waals surface area (Å²) in [5.74, 6) is -0.278. The first-order chi connectivity index (χ1) is 10.8. The first-order valence-corrected chi connectivity index (χ1v) is 7.11. The van der Waals surface area contributed by atoms with Gasteiger partial charge < -0.3 is 19.9 Å². The van der Waals surface area contributed by atoms with E-state index in [0.29, 0.717) is 6.54 Å². The summed E-state index contributed by atoms with van der Waals surface area (Å²) in [4.78, 5) is 25.5. The van der Waals surface area contributed by atoms with Crippen molar-refractivity contribution in [2.45, 2.75) is 13.2 Å². The van der Waals surface area contributed by atoms with Gasteiger partial charge in [0.2, 0.25) is 5.91 Å². The molecule has 23 heavy (non-hydrogen) atoms. The van der Waals surface area contributed by atoms with Crippen LogP contribution in [0.15, 0.2) is 24.3 Å². The molecule has 0 heterocycles. The van der Waals surface area contributed by atoms with Crippen molar-refractivity contribution in [2.24, 2.45) is 0 Å². The van der Waals surface area contributed by atoms with Crippen LogP contribution in [0.5, 0.6) is 5.75 Å². The Bertz CT molecular complexity index is 523. The van der Waals surface area contributed by atoms with E-state index in [2.05, 4.69) is 10.1 Å². The molecule has 1 rings (SSSR count). The SMILES string of the molecule is CNC(=O)CN(C)C(=O)C[NH+](C)Cc1ccc(OC(F)F)cc1. The zero-order valence-corrected chi connectivity index (χ0v) is 13.4. The van der Waals surface area contributed by atoms with Crippen LogP contribution < -0.4 is 15.0 Å². The molecule has 0 fully saturated rings. The first kappa shape index (κ1) is 18.8. The van der Waals surface area contributed by atoms with Crippen LogP contribution in [-0.4, -0.2) is 57.6 Å². The number of carbonyl (C=O) groups excluding carboxylic acids is 2. The summed E-state index contributed by atoms with van der Waals surface area (Å²) in [7, 11) is 4.93. The number of likely N-dealkylation sites (N-methyl/N-ethyl adjacent to an activating group) is 3. The van der Waals surface area contributed by atoms with E-state index in [0.717, 1.165) is 10.5 Å². The van der Waals surface area contributed by atoms with Crippen molar-refractivity contribution in [2.75, 3.05) is 34.2 Å². The van der Waals surface area contributed by atoms with E-state index in [9.17, 15) is 18.4 Å². The molecule has 0 bridgehead atoms. The van der Waals surface area contributed by atoms with Gasteiger partial charge in [-0.2, -0.15) is 8.78 Å². The summed E-state index contributed by atoms with van der Waals surface area (Å²) >= 11 is 0. The van der Waals surface area contributed by atoms with E-state index < -0.39 is 6.61 Å². The summed E-state index contributed by atoms with van der Waals surface area (Å²) in [6, 6.07) is 6.29. The Morgan fingerprint density at radius 2 is 1.91 bits per heavy atom. The number of ether oxygens (including phenoxy) is 1. The smallest absolute Gasteiger partial charge is 0.387 e. The van der Waals surface area contributed by atoms with E-state index in [1.54, 1.807) is 19.2 Å². The van der Waals surface area contributed by atoms with Gasteiger partial charge in [-0.15, -0.1) is 0 Å². The average molecular weight is 330 g/mol. The highest BCUT2D eigenvalue weighted by Gasteiger charge is 2.17. The maximum atomic E-state index is 12.1. The zero-order chi connectivity index (χ0) is 17.4. The summed E-state index contributed by atoms with van der Waals surface area (Å²) in [5, 5.41) is 2.46. The summed E-state index contributed by atoms with van der Waals surface area (Å²) in [6.45, 7) is -2.05. The average Bonchev–Trinajstić information content (AvgIpc) is 2.48. The third kappa shape index (κ3) is 7.05. The molecule has 0 saturated heterocycles. The number of nitrogens with one attached hydrogen (secondary N) is 2. The van der Waals surface area contributed by atoms with Gasteiger partial charge in [0.1, 0.15) is 12.3 Å². The number of alkyl halides is 2. The fourth-order valence-electron chi connectivity index (χ4n) is 1.98. The Labute approximate surface area is 134 Å². The van der Waals surface area contributed by atoms with Crippen molar-refractivity contribution in [1.29, 1.82) is 0 Å². The van der Waals surface area contributed by atoms with Crippen LogP contribution in [-0.2, 0) is 16.1 Å². The third-order valence-electron chi connectivity index (χ3n) is 3.19. The number of carbonyl (C=O) groups is 2. The van der Waals surface area contributed by atoms with E-state index >= 15 is 0 Å². The lowest BCUT2D eigenvalue weighted by atomic mass is 10.2. The normalized spacial score (nSPS) is 11.9. The number of hydrogen-bond acceptors (Lipinski definition) is 3. The molecule has 1 atom stereocenters. The van der Waals surface area contributed by atoms with Gasteiger partial charge in [0.15, 0.2) is 6.54 Å². The predicted octanol–water partition coefficient (Wildman–Crippen LogP) is -0.493. The van der Waals surface area contributed by atoms with Gasteiger partial charge in [0, 0.05) is 19.7 Å². The van der Waals surface area contributed by atoms with Crippen molar-refractivity contribution in [3.8, 4) is 5.75 Å². The van der Waals surface area contributed by atoms with Crippen LogP contribution >= 0.6 is 0 Å². The van der Waals surface area contributed by atoms with E-state index in [1.165, 1.54) is 24.1 Å². The number of rotatable bonds is 8. The Kier molecular flexibility index (Phi) is 7.40. The van der Waals surface area contributed by atoms with Gasteiger partial charge in [0.25, 0.3) is 5.91 Å². The van der Waals surface area contributed by atoms with Crippen LogP contribution in [0.1, 0.15) is 5.56 Å². The molecule has 1 aromatic rings. The molecule has 0 aliphatic carbocycles. The Morgan fingerprint density at radius 3 is 2.43 bits per heavy atom. The standard InChI is InChI=1S/C15H21F2N3O3/c1-18-13(21)9-20(3)14(22)10-19(2)8-11-4-6-12(7-5-11)23-15(16)17/h4-7,15H,8-10H2,1-3H3,(H,18,21)/p+1. The van der Waals surface area contributed by atoms with Crippen molar-refractivity contribution >= 4 is 11.8 Å². The van der Waals surface area contributed by atoms with Crippen molar-refractivity contribution in [3.05, 3.63) is 29.8 Å². The molecule has 0 spiro atoms. The first-order valence-electron chi connectivity index (χ1n) is 7.11. The molecule has 0 radical (unpaired) electrons. The molecule has 1 aromatic carbocycles. The largest absolute Gasteiger partial charge is 0.435 e. The molecule has 0 aromatic heterocycles. The van der Waals surface area contributed by atoms with E-state index in [1.807, 2.05) is 7.05 Å². The number of benzene rings is 1. The lowest BCUT2D eigenvalue weighted by molar-refractivity contribution is -0.885. The molecule has 0 saturated carbocycles. The molecular weight excluding hydrogens is 308 g/mol. The molecule has 6 nitrogen and oxygen atoms in total. The minimum atomic E-state index is -2.84. The molecule has 0 aliphatic heterocycles. The molecule has 2 amide bonds. The maximum Gasteiger partial charge on any atom is 0.387 e. The predicted molar refractivity (Wildman–Crippen MR) is 80.2 cm³/mol. The second-order valence-electron chi connectivity index (χ2n) is 5.26. The molecule has 2 N–H and O–H groups in total. The van der Waals surface area contributed by atoms with Crippen molar-refractivity contribution in [3.63, 3.8) is 0 Å². The highest BCUT2D eigenvalue weighted by atomic mass is 19.3. The Balaban J connectivity index is 2.47. The lowest BCUT2D eigenvalue weighted by Gasteiger charge is -2.19. The summed E-state index contributed by atoms with van der Waals surface area (Å²) in [5.41, 5.74) is 0.894. The van der Waals surface area contributed by atoms with Crippen LogP contribution in [0.25, 0.3) is 0 Å². The minimum Gasteiger partial charge on any atom is -0.435 e. The van der Waals surface area contributed by atoms with E-state index in [-0.39, 0.29) is 30.7 Å². The number of hydrogen-bond donors (Lipinski definition) is 2. The highest BCUT2D eigenvalue weighted by molar-refractivity contribution is 5.84. The van der Waals surface area contributed by atoms with Gasteiger partial charge in [-0.3, -0.25) is 9.59 Å². The molecule has 128 valence electrons. The fourth-order valence-corrected chi connectivity index (χ4v) is 1.98. The van der Waals surface area contributed by atoms with Crippen LogP contribution in [0.2, 0.25) is 0 Å². The van der Waals surface area contributed by atoms with Crippen molar-refractivity contribution < 1.29 is 28.0 Å². The van der Waals surface area contributed by atoms with Crippen LogP contribution in [0.4, 0.5) is 8.78 Å². The monoisotopic (exact) mass is 330 g/mol. The molecule has 1 unspecified atom stereocenters. The number of halogens is 2. The third-order valence-corrected chi connectivity index (χ3v) is 3.19. The molecule has 0 aliphatic rings. The quantitative estimate of drug-likeness (QED) is 0.676. The molecule has 8 heteroatoms. The van der Waals surface area contributed by atoms with Gasteiger partial charge in [0.05, 0.1) is 13.6 Å². The number of quaternary nitrogens is 1. The fraction of sp³-hybridized carbons (Fsp3) is 0.467. The van der Waals surface area contributed by atoms with Gasteiger partial charge in [-0.25, -0.2) is 0 Å². The highest BCUT2D eigenvalue weighted by Crippen LogP contribution is 2.14. The van der Waals surface area contributed by atoms with E-state index in [4.69, 9.17) is 0 Å². The Morgan fingerprint density at radius 1 is 1.30 bits per heavy atom. The van der Waals surface area contributed by atoms with Gasteiger partial charge in [-0.1, -0.05) is 0 Å². The topological polar surface area (TPSA) is 63.1 Å². The zero-order valence-electron chi connectivity index (χ0n) is 13.4. The van der Waals surface area contributed by atoms with Crippen molar-refractivity contribution in [1.82, 2.24) is 10.2 Å². The van der Waals surface area contributed by atoms with Gasteiger partial charge in [-0.05, 0) is 24.3 Å². The van der Waals surface area contributed by atoms with Crippen LogP contribution in [0, 0.1) is 0 Å². The molecular formula is C15H22F2N3O3+.